The standard InChI is InChI=1S/C17H22N2O5S/c1-23-15-6-3-5-14(11-15)8-9-18-17(20)13-19(25(2,21)22)12-16-7-4-10-24-16/h3-7,10-11H,8-9,12-13H2,1-2H3,(H,18,20). The molecule has 2 aromatic rings. The van der Waals surface area contributed by atoms with Crippen LogP contribution < -0.4 is 10.1 Å². The lowest BCUT2D eigenvalue weighted by Crippen LogP contribution is -2.40. The summed E-state index contributed by atoms with van der Waals surface area (Å²) in [4.78, 5) is 12.1. The van der Waals surface area contributed by atoms with E-state index in [2.05, 4.69) is 5.32 Å². The van der Waals surface area contributed by atoms with Crippen molar-refractivity contribution in [2.75, 3.05) is 26.5 Å². The van der Waals surface area contributed by atoms with Crippen LogP contribution in [-0.2, 0) is 27.8 Å². The molecule has 7 nitrogen and oxygen atoms in total. The summed E-state index contributed by atoms with van der Waals surface area (Å²) < 4.78 is 35.1. The molecular weight excluding hydrogens is 344 g/mol. The van der Waals surface area contributed by atoms with Crippen LogP contribution in [0.1, 0.15) is 11.3 Å². The largest absolute Gasteiger partial charge is 0.497 e. The van der Waals surface area contributed by atoms with Gasteiger partial charge in [-0.1, -0.05) is 12.1 Å². The van der Waals surface area contributed by atoms with E-state index in [0.717, 1.165) is 21.9 Å². The Hall–Kier alpha value is -2.32. The topological polar surface area (TPSA) is 88.8 Å². The Morgan fingerprint density at radius 1 is 1.28 bits per heavy atom. The molecule has 2 rings (SSSR count). The van der Waals surface area contributed by atoms with Crippen LogP contribution in [0.25, 0.3) is 0 Å². The highest BCUT2D eigenvalue weighted by molar-refractivity contribution is 7.88. The Labute approximate surface area is 147 Å². The van der Waals surface area contributed by atoms with E-state index in [4.69, 9.17) is 9.15 Å². The Kier molecular flexibility index (Phi) is 6.60. The van der Waals surface area contributed by atoms with Crippen LogP contribution in [0, 0.1) is 0 Å². The quantitative estimate of drug-likeness (QED) is 0.725. The summed E-state index contributed by atoms with van der Waals surface area (Å²) in [7, 11) is -1.93. The van der Waals surface area contributed by atoms with Gasteiger partial charge in [0.2, 0.25) is 15.9 Å². The molecule has 0 atom stereocenters. The van der Waals surface area contributed by atoms with Crippen molar-refractivity contribution < 1.29 is 22.4 Å². The zero-order valence-corrected chi connectivity index (χ0v) is 15.1. The third-order valence-electron chi connectivity index (χ3n) is 3.57. The Bertz CT molecular complexity index is 787. The molecule has 0 saturated carbocycles. The molecule has 8 heteroatoms. The average molecular weight is 366 g/mol. The summed E-state index contributed by atoms with van der Waals surface area (Å²) in [6.07, 6.45) is 3.16. The molecule has 1 amide bonds. The van der Waals surface area contributed by atoms with Crippen LogP contribution in [0.15, 0.2) is 47.1 Å². The predicted octanol–water partition coefficient (Wildman–Crippen LogP) is 1.41. The summed E-state index contributed by atoms with van der Waals surface area (Å²) in [6, 6.07) is 10.9. The minimum absolute atomic E-state index is 0.0230. The zero-order valence-electron chi connectivity index (χ0n) is 14.3. The molecule has 0 unspecified atom stereocenters. The Balaban J connectivity index is 1.86. The number of carbonyl (C=O) groups is 1. The fraction of sp³-hybridized carbons (Fsp3) is 0.353. The highest BCUT2D eigenvalue weighted by Crippen LogP contribution is 2.12. The van der Waals surface area contributed by atoms with Gasteiger partial charge in [-0.25, -0.2) is 8.42 Å². The van der Waals surface area contributed by atoms with Crippen molar-refractivity contribution in [1.29, 1.82) is 0 Å². The van der Waals surface area contributed by atoms with Crippen LogP contribution in [0.4, 0.5) is 0 Å². The maximum atomic E-state index is 12.1. The smallest absolute Gasteiger partial charge is 0.235 e. The summed E-state index contributed by atoms with van der Waals surface area (Å²) in [5, 5.41) is 2.73. The molecular formula is C17H22N2O5S. The van der Waals surface area contributed by atoms with Crippen LogP contribution in [0.2, 0.25) is 0 Å². The number of hydrogen-bond acceptors (Lipinski definition) is 5. The molecule has 0 radical (unpaired) electrons. The lowest BCUT2D eigenvalue weighted by atomic mass is 10.1. The lowest BCUT2D eigenvalue weighted by molar-refractivity contribution is -0.121. The second-order valence-corrected chi connectivity index (χ2v) is 7.54. The molecule has 0 spiro atoms. The predicted molar refractivity (Wildman–Crippen MR) is 93.7 cm³/mol. The van der Waals surface area contributed by atoms with Gasteiger partial charge in [0.05, 0.1) is 32.7 Å². The monoisotopic (exact) mass is 366 g/mol. The van der Waals surface area contributed by atoms with Gasteiger partial charge in [-0.05, 0) is 36.2 Å². The molecule has 0 fully saturated rings. The highest BCUT2D eigenvalue weighted by Gasteiger charge is 2.21. The summed E-state index contributed by atoms with van der Waals surface area (Å²) >= 11 is 0. The van der Waals surface area contributed by atoms with E-state index in [9.17, 15) is 13.2 Å². The molecule has 0 aliphatic heterocycles. The first-order valence-electron chi connectivity index (χ1n) is 7.75. The number of methoxy groups -OCH3 is 1. The zero-order chi connectivity index (χ0) is 18.3. The minimum Gasteiger partial charge on any atom is -0.497 e. The van der Waals surface area contributed by atoms with Crippen molar-refractivity contribution in [1.82, 2.24) is 9.62 Å². The van der Waals surface area contributed by atoms with Gasteiger partial charge in [0.15, 0.2) is 0 Å². The molecule has 0 aliphatic carbocycles. The number of hydrogen-bond donors (Lipinski definition) is 1. The van der Waals surface area contributed by atoms with E-state index in [1.165, 1.54) is 6.26 Å². The molecule has 25 heavy (non-hydrogen) atoms. The summed E-state index contributed by atoms with van der Waals surface area (Å²) in [5.41, 5.74) is 1.02. The number of benzene rings is 1. The molecule has 1 heterocycles. The lowest BCUT2D eigenvalue weighted by Gasteiger charge is -2.18. The third kappa shape index (κ3) is 6.24. The maximum Gasteiger partial charge on any atom is 0.235 e. The Morgan fingerprint density at radius 2 is 2.08 bits per heavy atom. The Morgan fingerprint density at radius 3 is 2.72 bits per heavy atom. The van der Waals surface area contributed by atoms with Crippen molar-refractivity contribution in [2.45, 2.75) is 13.0 Å². The van der Waals surface area contributed by atoms with Gasteiger partial charge in [-0.15, -0.1) is 0 Å². The van der Waals surface area contributed by atoms with Crippen molar-refractivity contribution in [3.63, 3.8) is 0 Å². The van der Waals surface area contributed by atoms with E-state index in [-0.39, 0.29) is 19.0 Å². The van der Waals surface area contributed by atoms with Crippen molar-refractivity contribution in [3.8, 4) is 5.75 Å². The van der Waals surface area contributed by atoms with Gasteiger partial charge >= 0.3 is 0 Å². The fourth-order valence-corrected chi connectivity index (χ4v) is 2.97. The number of amides is 1. The summed E-state index contributed by atoms with van der Waals surface area (Å²) in [6.45, 7) is 0.178. The van der Waals surface area contributed by atoms with Crippen molar-refractivity contribution >= 4 is 15.9 Å². The first kappa shape index (κ1) is 19.0. The van der Waals surface area contributed by atoms with Crippen molar-refractivity contribution in [3.05, 3.63) is 54.0 Å². The van der Waals surface area contributed by atoms with E-state index in [1.807, 2.05) is 24.3 Å². The van der Waals surface area contributed by atoms with Crippen LogP contribution in [0.3, 0.4) is 0 Å². The van der Waals surface area contributed by atoms with Crippen LogP contribution in [0.5, 0.6) is 5.75 Å². The molecule has 0 saturated heterocycles. The molecule has 0 aliphatic rings. The number of carbonyl (C=O) groups excluding carboxylic acids is 1. The first-order chi connectivity index (χ1) is 11.9. The second-order valence-electron chi connectivity index (χ2n) is 5.56. The maximum absolute atomic E-state index is 12.1. The normalized spacial score (nSPS) is 11.5. The summed E-state index contributed by atoms with van der Waals surface area (Å²) in [5.74, 6) is 0.875. The van der Waals surface area contributed by atoms with Crippen LogP contribution >= 0.6 is 0 Å². The number of nitrogens with one attached hydrogen (secondary N) is 1. The average Bonchev–Trinajstić information content (AvgIpc) is 3.07. The molecule has 136 valence electrons. The number of nitrogens with zero attached hydrogens (tertiary/aromatic N) is 1. The third-order valence-corrected chi connectivity index (χ3v) is 4.77. The number of rotatable bonds is 9. The second kappa shape index (κ2) is 8.68. The molecule has 1 N–H and O–H groups in total. The van der Waals surface area contributed by atoms with Gasteiger partial charge in [0.25, 0.3) is 0 Å². The van der Waals surface area contributed by atoms with Crippen LogP contribution in [-0.4, -0.2) is 45.1 Å². The van der Waals surface area contributed by atoms with Gasteiger partial charge in [0.1, 0.15) is 11.5 Å². The molecule has 0 bridgehead atoms. The van der Waals surface area contributed by atoms with E-state index < -0.39 is 10.0 Å². The van der Waals surface area contributed by atoms with E-state index in [0.29, 0.717) is 18.7 Å². The number of furan rings is 1. The highest BCUT2D eigenvalue weighted by atomic mass is 32.2. The van der Waals surface area contributed by atoms with Gasteiger partial charge < -0.3 is 14.5 Å². The van der Waals surface area contributed by atoms with Gasteiger partial charge in [-0.2, -0.15) is 4.31 Å². The number of sulfonamides is 1. The van der Waals surface area contributed by atoms with E-state index in [1.54, 1.807) is 19.2 Å². The number of ether oxygens (including phenoxy) is 1. The van der Waals surface area contributed by atoms with Crippen molar-refractivity contribution in [2.24, 2.45) is 0 Å². The molecule has 1 aromatic heterocycles. The fourth-order valence-electron chi connectivity index (χ4n) is 2.26. The minimum atomic E-state index is -3.53. The SMILES string of the molecule is COc1cccc(CCNC(=O)CN(Cc2ccco2)S(C)(=O)=O)c1. The first-order valence-corrected chi connectivity index (χ1v) is 9.60. The molecule has 1 aromatic carbocycles. The van der Waals surface area contributed by atoms with Gasteiger partial charge in [0, 0.05) is 6.54 Å². The van der Waals surface area contributed by atoms with E-state index >= 15 is 0 Å². The van der Waals surface area contributed by atoms with Gasteiger partial charge in [-0.3, -0.25) is 4.79 Å².